The average Bonchev–Trinajstić information content (AvgIpc) is 2.92. The Hall–Kier alpha value is -2.43. The number of ether oxygens (including phenoxy) is 4. The van der Waals surface area contributed by atoms with Gasteiger partial charge in [0.2, 0.25) is 6.79 Å². The Balaban J connectivity index is 1.69. The minimum atomic E-state index is -0.403. The first-order valence-corrected chi connectivity index (χ1v) is 6.11. The fraction of sp³-hybridized carbons (Fsp3) is 0.200. The molecule has 2 aromatic carbocycles. The van der Waals surface area contributed by atoms with E-state index in [-0.39, 0.29) is 19.1 Å². The lowest BCUT2D eigenvalue weighted by Gasteiger charge is -2.08. The summed E-state index contributed by atoms with van der Waals surface area (Å²) in [4.78, 5) is 0. The van der Waals surface area contributed by atoms with Crippen molar-refractivity contribution in [2.75, 3.05) is 13.9 Å². The van der Waals surface area contributed by atoms with Gasteiger partial charge in [-0.2, -0.15) is 0 Å². The minimum Gasteiger partial charge on any atom is -0.494 e. The Bertz CT molecular complexity index is 627. The van der Waals surface area contributed by atoms with Gasteiger partial charge in [-0.1, -0.05) is 6.07 Å². The van der Waals surface area contributed by atoms with Crippen molar-refractivity contribution in [1.82, 2.24) is 0 Å². The van der Waals surface area contributed by atoms with Crippen LogP contribution in [-0.2, 0) is 6.61 Å². The molecule has 2 aromatic rings. The monoisotopic (exact) mass is 276 g/mol. The first-order valence-electron chi connectivity index (χ1n) is 6.11. The van der Waals surface area contributed by atoms with Crippen LogP contribution in [0.4, 0.5) is 4.39 Å². The topological polar surface area (TPSA) is 36.9 Å². The first kappa shape index (κ1) is 12.6. The lowest BCUT2D eigenvalue weighted by atomic mass is 10.2. The van der Waals surface area contributed by atoms with Crippen molar-refractivity contribution < 1.29 is 23.3 Å². The van der Waals surface area contributed by atoms with Gasteiger partial charge in [0.1, 0.15) is 12.4 Å². The van der Waals surface area contributed by atoms with Crippen molar-refractivity contribution in [2.24, 2.45) is 0 Å². The molecule has 0 spiro atoms. The van der Waals surface area contributed by atoms with Crippen LogP contribution in [-0.4, -0.2) is 13.9 Å². The van der Waals surface area contributed by atoms with Crippen LogP contribution in [0.25, 0.3) is 0 Å². The molecular weight excluding hydrogens is 263 g/mol. The van der Waals surface area contributed by atoms with E-state index in [0.717, 1.165) is 5.56 Å². The highest BCUT2D eigenvalue weighted by atomic mass is 19.1. The standard InChI is InChI=1S/C15H13FO4/c1-17-13-4-2-10(6-12(13)16)8-18-11-3-5-14-15(7-11)20-9-19-14/h2-7H,8-9H2,1H3. The van der Waals surface area contributed by atoms with Crippen LogP contribution >= 0.6 is 0 Å². The van der Waals surface area contributed by atoms with E-state index in [1.165, 1.54) is 13.2 Å². The predicted octanol–water partition coefficient (Wildman–Crippen LogP) is 3.14. The van der Waals surface area contributed by atoms with Crippen LogP contribution < -0.4 is 18.9 Å². The summed E-state index contributed by atoms with van der Waals surface area (Å²) in [5.41, 5.74) is 0.723. The highest BCUT2D eigenvalue weighted by Gasteiger charge is 2.13. The lowest BCUT2D eigenvalue weighted by Crippen LogP contribution is -1.97. The lowest BCUT2D eigenvalue weighted by molar-refractivity contribution is 0.173. The molecule has 0 saturated heterocycles. The normalized spacial score (nSPS) is 12.3. The van der Waals surface area contributed by atoms with Gasteiger partial charge in [-0.25, -0.2) is 4.39 Å². The maximum atomic E-state index is 13.5. The van der Waals surface area contributed by atoms with E-state index in [0.29, 0.717) is 17.2 Å². The van der Waals surface area contributed by atoms with Gasteiger partial charge in [-0.05, 0) is 29.8 Å². The van der Waals surface area contributed by atoms with Crippen LogP contribution in [0.1, 0.15) is 5.56 Å². The van der Waals surface area contributed by atoms with Gasteiger partial charge in [0.25, 0.3) is 0 Å². The fourth-order valence-electron chi connectivity index (χ4n) is 1.93. The summed E-state index contributed by atoms with van der Waals surface area (Å²) >= 11 is 0. The zero-order chi connectivity index (χ0) is 13.9. The van der Waals surface area contributed by atoms with Gasteiger partial charge in [0.05, 0.1) is 7.11 Å². The van der Waals surface area contributed by atoms with Gasteiger partial charge < -0.3 is 18.9 Å². The van der Waals surface area contributed by atoms with Crippen molar-refractivity contribution in [3.05, 3.63) is 47.8 Å². The molecule has 0 fully saturated rings. The van der Waals surface area contributed by atoms with Crippen LogP contribution in [0.2, 0.25) is 0 Å². The van der Waals surface area contributed by atoms with Crippen LogP contribution in [0, 0.1) is 5.82 Å². The second-order valence-corrected chi connectivity index (χ2v) is 4.27. The van der Waals surface area contributed by atoms with Gasteiger partial charge in [-0.3, -0.25) is 0 Å². The molecule has 0 saturated carbocycles. The van der Waals surface area contributed by atoms with E-state index in [1.54, 1.807) is 30.3 Å². The summed E-state index contributed by atoms with van der Waals surface area (Å²) in [7, 11) is 1.43. The van der Waals surface area contributed by atoms with Crippen LogP contribution in [0.3, 0.4) is 0 Å². The molecule has 0 N–H and O–H groups in total. The average molecular weight is 276 g/mol. The molecule has 0 amide bonds. The van der Waals surface area contributed by atoms with Crippen LogP contribution in [0.15, 0.2) is 36.4 Å². The Morgan fingerprint density at radius 3 is 2.75 bits per heavy atom. The van der Waals surface area contributed by atoms with Crippen LogP contribution in [0.5, 0.6) is 23.0 Å². The summed E-state index contributed by atoms with van der Waals surface area (Å²) in [5.74, 6) is 1.82. The molecule has 0 radical (unpaired) electrons. The Morgan fingerprint density at radius 2 is 1.95 bits per heavy atom. The molecule has 20 heavy (non-hydrogen) atoms. The van der Waals surface area contributed by atoms with Crippen molar-refractivity contribution in [2.45, 2.75) is 6.61 Å². The zero-order valence-electron chi connectivity index (χ0n) is 10.9. The van der Waals surface area contributed by atoms with Crippen molar-refractivity contribution in [1.29, 1.82) is 0 Å². The molecule has 5 heteroatoms. The number of benzene rings is 2. The van der Waals surface area contributed by atoms with E-state index < -0.39 is 5.82 Å². The third-order valence-corrected chi connectivity index (χ3v) is 2.97. The number of fused-ring (bicyclic) bond motifs is 1. The summed E-state index contributed by atoms with van der Waals surface area (Å²) in [5, 5.41) is 0. The molecule has 0 aliphatic carbocycles. The third kappa shape index (κ3) is 2.47. The number of methoxy groups -OCH3 is 1. The van der Waals surface area contributed by atoms with Crippen molar-refractivity contribution in [3.63, 3.8) is 0 Å². The fourth-order valence-corrected chi connectivity index (χ4v) is 1.93. The van der Waals surface area contributed by atoms with E-state index in [9.17, 15) is 4.39 Å². The van der Waals surface area contributed by atoms with E-state index >= 15 is 0 Å². The number of rotatable bonds is 4. The molecule has 3 rings (SSSR count). The summed E-state index contributed by atoms with van der Waals surface area (Å²) in [6.07, 6.45) is 0. The molecule has 104 valence electrons. The molecule has 0 bridgehead atoms. The van der Waals surface area contributed by atoms with Gasteiger partial charge in [0.15, 0.2) is 23.1 Å². The zero-order valence-corrected chi connectivity index (χ0v) is 10.9. The van der Waals surface area contributed by atoms with E-state index in [2.05, 4.69) is 0 Å². The quantitative estimate of drug-likeness (QED) is 0.859. The van der Waals surface area contributed by atoms with Crippen molar-refractivity contribution >= 4 is 0 Å². The number of hydrogen-bond donors (Lipinski definition) is 0. The van der Waals surface area contributed by atoms with Gasteiger partial charge in [0, 0.05) is 6.07 Å². The second-order valence-electron chi connectivity index (χ2n) is 4.27. The molecule has 1 aliphatic heterocycles. The number of halogens is 1. The van der Waals surface area contributed by atoms with Crippen molar-refractivity contribution in [3.8, 4) is 23.0 Å². The van der Waals surface area contributed by atoms with Gasteiger partial charge in [-0.15, -0.1) is 0 Å². The molecule has 0 atom stereocenters. The highest BCUT2D eigenvalue weighted by molar-refractivity contribution is 5.46. The molecule has 0 unspecified atom stereocenters. The maximum absolute atomic E-state index is 13.5. The predicted molar refractivity (Wildman–Crippen MR) is 69.8 cm³/mol. The molecule has 4 nitrogen and oxygen atoms in total. The van der Waals surface area contributed by atoms with E-state index in [1.807, 2.05) is 0 Å². The molecule has 1 heterocycles. The minimum absolute atomic E-state index is 0.219. The Kier molecular flexibility index (Phi) is 3.33. The van der Waals surface area contributed by atoms with E-state index in [4.69, 9.17) is 18.9 Å². The largest absolute Gasteiger partial charge is 0.494 e. The highest BCUT2D eigenvalue weighted by Crippen LogP contribution is 2.35. The maximum Gasteiger partial charge on any atom is 0.231 e. The SMILES string of the molecule is COc1ccc(COc2ccc3c(c2)OCO3)cc1F. The number of hydrogen-bond acceptors (Lipinski definition) is 4. The Labute approximate surface area is 115 Å². The summed E-state index contributed by atoms with van der Waals surface area (Å²) in [6.45, 7) is 0.489. The third-order valence-electron chi connectivity index (χ3n) is 2.97. The first-order chi connectivity index (χ1) is 9.76. The molecule has 0 aromatic heterocycles. The Morgan fingerprint density at radius 1 is 1.10 bits per heavy atom. The van der Waals surface area contributed by atoms with Gasteiger partial charge >= 0.3 is 0 Å². The second kappa shape index (κ2) is 5.28. The summed E-state index contributed by atoms with van der Waals surface area (Å²) < 4.78 is 34.5. The summed E-state index contributed by atoms with van der Waals surface area (Å²) in [6, 6.07) is 10.1. The molecule has 1 aliphatic rings. The smallest absolute Gasteiger partial charge is 0.231 e. The molecular formula is C15H13FO4.